The zero-order valence-corrected chi connectivity index (χ0v) is 12.1. The summed E-state index contributed by atoms with van der Waals surface area (Å²) in [5.41, 5.74) is 1.01. The van der Waals surface area contributed by atoms with Crippen molar-refractivity contribution in [2.45, 2.75) is 38.3 Å². The Hall–Kier alpha value is -1.55. The van der Waals surface area contributed by atoms with Crippen LogP contribution in [0.5, 0.6) is 0 Å². The molecule has 1 saturated carbocycles. The maximum absolute atomic E-state index is 11.6. The maximum Gasteiger partial charge on any atom is 0.407 e. The molecule has 0 unspecified atom stereocenters. The summed E-state index contributed by atoms with van der Waals surface area (Å²) in [4.78, 5) is 11.6. The van der Waals surface area contributed by atoms with Gasteiger partial charge >= 0.3 is 6.09 Å². The number of hydrogen-bond donors (Lipinski definition) is 2. The van der Waals surface area contributed by atoms with Gasteiger partial charge in [0.05, 0.1) is 0 Å². The van der Waals surface area contributed by atoms with Crippen LogP contribution in [-0.2, 0) is 11.3 Å². The van der Waals surface area contributed by atoms with E-state index >= 15 is 0 Å². The molecule has 0 aromatic heterocycles. The van der Waals surface area contributed by atoms with Gasteiger partial charge in [0.1, 0.15) is 6.61 Å². The molecule has 4 heteroatoms. The van der Waals surface area contributed by atoms with Gasteiger partial charge in [0.25, 0.3) is 0 Å². The van der Waals surface area contributed by atoms with E-state index in [1.807, 2.05) is 37.4 Å². The van der Waals surface area contributed by atoms with Gasteiger partial charge in [-0.2, -0.15) is 0 Å². The van der Waals surface area contributed by atoms with Crippen molar-refractivity contribution >= 4 is 6.09 Å². The molecular weight excluding hydrogens is 252 g/mol. The lowest BCUT2D eigenvalue weighted by molar-refractivity contribution is 0.136. The van der Waals surface area contributed by atoms with Crippen molar-refractivity contribution in [3.8, 4) is 0 Å². The summed E-state index contributed by atoms with van der Waals surface area (Å²) in [6.45, 7) is 1.06. The molecule has 2 rings (SSSR count). The Morgan fingerprint density at radius 3 is 2.55 bits per heavy atom. The molecule has 0 saturated heterocycles. The van der Waals surface area contributed by atoms with Crippen LogP contribution in [0.1, 0.15) is 31.2 Å². The molecule has 0 bridgehead atoms. The van der Waals surface area contributed by atoms with E-state index in [0.29, 0.717) is 18.6 Å². The average molecular weight is 276 g/mol. The van der Waals surface area contributed by atoms with Gasteiger partial charge in [-0.3, -0.25) is 0 Å². The first kappa shape index (κ1) is 14.9. The second kappa shape index (κ2) is 7.90. The Morgan fingerprint density at radius 1 is 1.20 bits per heavy atom. The smallest absolute Gasteiger partial charge is 0.407 e. The average Bonchev–Trinajstić information content (AvgIpc) is 2.52. The topological polar surface area (TPSA) is 50.4 Å². The molecule has 1 amide bonds. The predicted molar refractivity (Wildman–Crippen MR) is 79.4 cm³/mol. The van der Waals surface area contributed by atoms with Crippen molar-refractivity contribution in [1.82, 2.24) is 10.6 Å². The Morgan fingerprint density at radius 2 is 1.90 bits per heavy atom. The molecule has 0 heterocycles. The van der Waals surface area contributed by atoms with Crippen LogP contribution >= 0.6 is 0 Å². The number of hydrogen-bond acceptors (Lipinski definition) is 3. The molecule has 110 valence electrons. The largest absolute Gasteiger partial charge is 0.445 e. The monoisotopic (exact) mass is 276 g/mol. The lowest BCUT2D eigenvalue weighted by Gasteiger charge is -2.28. The van der Waals surface area contributed by atoms with Gasteiger partial charge in [-0.25, -0.2) is 4.79 Å². The van der Waals surface area contributed by atoms with Crippen molar-refractivity contribution < 1.29 is 9.53 Å². The van der Waals surface area contributed by atoms with Crippen LogP contribution in [0.3, 0.4) is 0 Å². The molecule has 2 N–H and O–H groups in total. The first-order chi connectivity index (χ1) is 9.78. The van der Waals surface area contributed by atoms with Crippen molar-refractivity contribution in [3.05, 3.63) is 35.9 Å². The van der Waals surface area contributed by atoms with Gasteiger partial charge in [0, 0.05) is 12.6 Å². The fraction of sp³-hybridized carbons (Fsp3) is 0.562. The summed E-state index contributed by atoms with van der Waals surface area (Å²) in [5.74, 6) is 0.587. The zero-order valence-electron chi connectivity index (χ0n) is 12.1. The number of amides is 1. The first-order valence-electron chi connectivity index (χ1n) is 7.39. The Balaban J connectivity index is 1.61. The van der Waals surface area contributed by atoms with Crippen molar-refractivity contribution in [2.75, 3.05) is 13.6 Å². The second-order valence-corrected chi connectivity index (χ2v) is 5.45. The summed E-state index contributed by atoms with van der Waals surface area (Å²) in [5, 5.41) is 6.19. The second-order valence-electron chi connectivity index (χ2n) is 5.45. The molecule has 4 nitrogen and oxygen atoms in total. The Kier molecular flexibility index (Phi) is 5.87. The number of rotatable bonds is 5. The quantitative estimate of drug-likeness (QED) is 0.869. The molecular formula is C16H24N2O2. The highest BCUT2D eigenvalue weighted by Gasteiger charge is 2.20. The third-order valence-electron chi connectivity index (χ3n) is 4.00. The number of alkyl carbamates (subject to hydrolysis) is 1. The van der Waals surface area contributed by atoms with Crippen LogP contribution in [-0.4, -0.2) is 25.7 Å². The fourth-order valence-electron chi connectivity index (χ4n) is 2.66. The zero-order chi connectivity index (χ0) is 14.2. The summed E-state index contributed by atoms with van der Waals surface area (Å²) in [6.07, 6.45) is 4.42. The van der Waals surface area contributed by atoms with Gasteiger partial charge in [-0.1, -0.05) is 30.3 Å². The van der Waals surface area contributed by atoms with Gasteiger partial charge in [0.2, 0.25) is 0 Å². The van der Waals surface area contributed by atoms with Gasteiger partial charge in [0.15, 0.2) is 0 Å². The molecule has 0 atom stereocenters. The van der Waals surface area contributed by atoms with Gasteiger partial charge in [-0.15, -0.1) is 0 Å². The molecule has 0 aliphatic heterocycles. The minimum atomic E-state index is -0.315. The summed E-state index contributed by atoms with van der Waals surface area (Å²) < 4.78 is 5.20. The van der Waals surface area contributed by atoms with E-state index in [-0.39, 0.29) is 6.09 Å². The molecule has 1 aliphatic carbocycles. The van der Waals surface area contributed by atoms with Crippen molar-refractivity contribution in [2.24, 2.45) is 5.92 Å². The molecule has 1 aromatic rings. The molecule has 1 fully saturated rings. The van der Waals surface area contributed by atoms with Crippen LogP contribution in [0.25, 0.3) is 0 Å². The minimum Gasteiger partial charge on any atom is -0.445 e. The fourth-order valence-corrected chi connectivity index (χ4v) is 2.66. The molecule has 1 aromatic carbocycles. The third-order valence-corrected chi connectivity index (χ3v) is 4.00. The molecule has 20 heavy (non-hydrogen) atoms. The van der Waals surface area contributed by atoms with E-state index in [9.17, 15) is 4.79 Å². The highest BCUT2D eigenvalue weighted by molar-refractivity contribution is 5.67. The number of benzene rings is 1. The Labute approximate surface area is 120 Å². The number of ether oxygens (including phenoxy) is 1. The van der Waals surface area contributed by atoms with Gasteiger partial charge < -0.3 is 15.4 Å². The summed E-state index contributed by atoms with van der Waals surface area (Å²) in [6, 6.07) is 10.4. The third kappa shape index (κ3) is 4.85. The molecule has 0 radical (unpaired) electrons. The standard InChI is InChI=1S/C16H24N2O2/c1-17-15-9-7-13(8-10-15)11-18-16(19)20-12-14-5-3-2-4-6-14/h2-6,13,15,17H,7-12H2,1H3,(H,18,19)/t13-,15+. The Bertz CT molecular complexity index is 400. The predicted octanol–water partition coefficient (Wildman–Crippen LogP) is 2.69. The van der Waals surface area contributed by atoms with Crippen molar-refractivity contribution in [3.63, 3.8) is 0 Å². The van der Waals surface area contributed by atoms with Crippen LogP contribution in [0.15, 0.2) is 30.3 Å². The van der Waals surface area contributed by atoms with E-state index in [0.717, 1.165) is 12.1 Å². The van der Waals surface area contributed by atoms with E-state index in [1.165, 1.54) is 25.7 Å². The normalized spacial score (nSPS) is 22.2. The van der Waals surface area contributed by atoms with E-state index in [2.05, 4.69) is 10.6 Å². The van der Waals surface area contributed by atoms with E-state index in [1.54, 1.807) is 0 Å². The van der Waals surface area contributed by atoms with Crippen molar-refractivity contribution in [1.29, 1.82) is 0 Å². The lowest BCUT2D eigenvalue weighted by Crippen LogP contribution is -2.35. The summed E-state index contributed by atoms with van der Waals surface area (Å²) in [7, 11) is 2.02. The van der Waals surface area contributed by atoms with Crippen LogP contribution in [0, 0.1) is 5.92 Å². The van der Waals surface area contributed by atoms with E-state index in [4.69, 9.17) is 4.74 Å². The summed E-state index contributed by atoms with van der Waals surface area (Å²) >= 11 is 0. The maximum atomic E-state index is 11.6. The van der Waals surface area contributed by atoms with E-state index < -0.39 is 0 Å². The number of carbonyl (C=O) groups is 1. The van der Waals surface area contributed by atoms with Gasteiger partial charge in [-0.05, 0) is 44.2 Å². The number of carbonyl (C=O) groups excluding carboxylic acids is 1. The molecule has 1 aliphatic rings. The first-order valence-corrected chi connectivity index (χ1v) is 7.39. The van der Waals surface area contributed by atoms with Crippen LogP contribution in [0.2, 0.25) is 0 Å². The highest BCUT2D eigenvalue weighted by atomic mass is 16.5. The highest BCUT2D eigenvalue weighted by Crippen LogP contribution is 2.23. The SMILES string of the molecule is CN[C@H]1CC[C@@H](CNC(=O)OCc2ccccc2)CC1. The van der Waals surface area contributed by atoms with Crippen LogP contribution < -0.4 is 10.6 Å². The minimum absolute atomic E-state index is 0.315. The van der Waals surface area contributed by atoms with Crippen LogP contribution in [0.4, 0.5) is 4.79 Å². The number of nitrogens with one attached hydrogen (secondary N) is 2. The molecule has 0 spiro atoms. The lowest BCUT2D eigenvalue weighted by atomic mass is 9.86.